The van der Waals surface area contributed by atoms with Crippen LogP contribution in [0.5, 0.6) is 0 Å². The smallest absolute Gasteiger partial charge is 0.186 e. The van der Waals surface area contributed by atoms with Gasteiger partial charge in [-0.25, -0.2) is 0 Å². The maximum Gasteiger partial charge on any atom is 0.186 e. The molecule has 0 bridgehead atoms. The Hall–Kier alpha value is -2.04. The van der Waals surface area contributed by atoms with Crippen LogP contribution in [0.4, 0.5) is 0 Å². The van der Waals surface area contributed by atoms with E-state index >= 15 is 0 Å². The molecule has 0 saturated carbocycles. The van der Waals surface area contributed by atoms with Crippen LogP contribution in [0.15, 0.2) is 83.6 Å². The summed E-state index contributed by atoms with van der Waals surface area (Å²) in [7, 11) is 2.78. The van der Waals surface area contributed by atoms with Crippen LogP contribution in [0.1, 0.15) is 20.7 Å². The lowest BCUT2D eigenvalue weighted by Gasteiger charge is -1.94. The second kappa shape index (κ2) is 9.07. The second-order valence-corrected chi connectivity index (χ2v) is 6.34. The quantitative estimate of drug-likeness (QED) is 0.304. The lowest BCUT2D eigenvalue weighted by atomic mass is 10.1. The Bertz CT molecular complexity index is 615. The van der Waals surface area contributed by atoms with Gasteiger partial charge < -0.3 is 0 Å². The third-order valence-corrected chi connectivity index (χ3v) is 4.33. The molecule has 110 valence electrons. The summed E-state index contributed by atoms with van der Waals surface area (Å²) >= 11 is 0. The molecular formula is C18H14O2S2. The van der Waals surface area contributed by atoms with Gasteiger partial charge in [0.2, 0.25) is 0 Å². The van der Waals surface area contributed by atoms with Crippen LogP contribution in [0, 0.1) is 0 Å². The molecular weight excluding hydrogens is 312 g/mol. The van der Waals surface area contributed by atoms with Crippen molar-refractivity contribution in [1.29, 1.82) is 0 Å². The molecule has 2 aromatic rings. The van der Waals surface area contributed by atoms with Crippen LogP contribution in [-0.2, 0) is 0 Å². The SMILES string of the molecule is O=C(C=CSSC=CC(=O)c1ccccc1)c1ccccc1. The largest absolute Gasteiger partial charge is 0.289 e. The number of carbonyl (C=O) groups excluding carboxylic acids is 2. The van der Waals surface area contributed by atoms with Gasteiger partial charge in [-0.15, -0.1) is 0 Å². The molecule has 2 rings (SSSR count). The molecule has 0 spiro atoms. The van der Waals surface area contributed by atoms with Crippen LogP contribution in [0.3, 0.4) is 0 Å². The van der Waals surface area contributed by atoms with E-state index in [9.17, 15) is 9.59 Å². The third-order valence-electron chi connectivity index (χ3n) is 2.72. The summed E-state index contributed by atoms with van der Waals surface area (Å²) in [5.41, 5.74) is 1.33. The molecule has 0 radical (unpaired) electrons. The molecule has 0 atom stereocenters. The van der Waals surface area contributed by atoms with E-state index < -0.39 is 0 Å². The lowest BCUT2D eigenvalue weighted by molar-refractivity contribution is 0.103. The minimum absolute atomic E-state index is 0.0296. The lowest BCUT2D eigenvalue weighted by Crippen LogP contribution is -1.92. The van der Waals surface area contributed by atoms with Gasteiger partial charge in [0.1, 0.15) is 0 Å². The average molecular weight is 326 g/mol. The fourth-order valence-corrected chi connectivity index (χ4v) is 2.85. The molecule has 0 unspecified atom stereocenters. The van der Waals surface area contributed by atoms with Gasteiger partial charge in [-0.3, -0.25) is 9.59 Å². The first kappa shape index (κ1) is 16.3. The van der Waals surface area contributed by atoms with E-state index in [1.54, 1.807) is 35.1 Å². The van der Waals surface area contributed by atoms with Crippen LogP contribution in [0.25, 0.3) is 0 Å². The highest BCUT2D eigenvalue weighted by Crippen LogP contribution is 2.24. The zero-order chi connectivity index (χ0) is 15.6. The minimum Gasteiger partial charge on any atom is -0.289 e. The van der Waals surface area contributed by atoms with E-state index in [4.69, 9.17) is 0 Å². The van der Waals surface area contributed by atoms with E-state index in [-0.39, 0.29) is 11.6 Å². The van der Waals surface area contributed by atoms with Crippen LogP contribution in [-0.4, -0.2) is 11.6 Å². The first-order valence-corrected chi connectivity index (χ1v) is 8.89. The Morgan fingerprint density at radius 3 is 1.36 bits per heavy atom. The second-order valence-electron chi connectivity index (χ2n) is 4.26. The van der Waals surface area contributed by atoms with Gasteiger partial charge in [-0.2, -0.15) is 0 Å². The predicted molar refractivity (Wildman–Crippen MR) is 95.0 cm³/mol. The molecule has 0 aliphatic heterocycles. The van der Waals surface area contributed by atoms with Gasteiger partial charge in [-0.05, 0) is 23.0 Å². The van der Waals surface area contributed by atoms with Gasteiger partial charge in [0.15, 0.2) is 11.6 Å². The average Bonchev–Trinajstić information content (AvgIpc) is 2.59. The zero-order valence-electron chi connectivity index (χ0n) is 11.7. The normalized spacial score (nSPS) is 11.1. The van der Waals surface area contributed by atoms with Crippen molar-refractivity contribution in [3.63, 3.8) is 0 Å². The topological polar surface area (TPSA) is 34.1 Å². The number of hydrogen-bond acceptors (Lipinski definition) is 4. The molecule has 0 aliphatic rings. The van der Waals surface area contributed by atoms with Crippen LogP contribution < -0.4 is 0 Å². The van der Waals surface area contributed by atoms with Crippen molar-refractivity contribution < 1.29 is 9.59 Å². The first-order valence-electron chi connectivity index (χ1n) is 6.61. The van der Waals surface area contributed by atoms with Crippen molar-refractivity contribution in [3.05, 3.63) is 94.8 Å². The molecule has 4 heteroatoms. The molecule has 0 amide bonds. The Kier molecular flexibility index (Phi) is 6.74. The van der Waals surface area contributed by atoms with E-state index in [2.05, 4.69) is 0 Å². The van der Waals surface area contributed by atoms with E-state index in [1.807, 2.05) is 36.4 Å². The van der Waals surface area contributed by atoms with Gasteiger partial charge in [0, 0.05) is 11.1 Å². The van der Waals surface area contributed by atoms with Crippen molar-refractivity contribution in [1.82, 2.24) is 0 Å². The van der Waals surface area contributed by atoms with Crippen molar-refractivity contribution in [2.75, 3.05) is 0 Å². The number of carbonyl (C=O) groups is 2. The molecule has 0 aliphatic carbocycles. The highest BCUT2D eigenvalue weighted by atomic mass is 33.1. The van der Waals surface area contributed by atoms with E-state index in [1.165, 1.54) is 33.7 Å². The maximum atomic E-state index is 11.8. The van der Waals surface area contributed by atoms with Gasteiger partial charge in [0.05, 0.1) is 0 Å². The molecule has 0 heterocycles. The van der Waals surface area contributed by atoms with Crippen molar-refractivity contribution in [2.45, 2.75) is 0 Å². The highest BCUT2D eigenvalue weighted by molar-refractivity contribution is 8.78. The summed E-state index contributed by atoms with van der Waals surface area (Å²) in [6, 6.07) is 18.2. The Labute approximate surface area is 137 Å². The van der Waals surface area contributed by atoms with Crippen LogP contribution >= 0.6 is 21.6 Å². The molecule has 2 aromatic carbocycles. The Morgan fingerprint density at radius 1 is 0.636 bits per heavy atom. The predicted octanol–water partition coefficient (Wildman–Crippen LogP) is 5.16. The molecule has 22 heavy (non-hydrogen) atoms. The number of hydrogen-bond donors (Lipinski definition) is 0. The van der Waals surface area contributed by atoms with E-state index in [0.29, 0.717) is 11.1 Å². The van der Waals surface area contributed by atoms with Gasteiger partial charge in [-0.1, -0.05) is 82.3 Å². The fourth-order valence-electron chi connectivity index (χ4n) is 1.64. The highest BCUT2D eigenvalue weighted by Gasteiger charge is 2.00. The molecule has 0 fully saturated rings. The summed E-state index contributed by atoms with van der Waals surface area (Å²) in [6.45, 7) is 0. The summed E-state index contributed by atoms with van der Waals surface area (Å²) in [4.78, 5) is 23.6. The number of ketones is 2. The number of rotatable bonds is 7. The fraction of sp³-hybridized carbons (Fsp3) is 0. The third kappa shape index (κ3) is 5.39. The molecule has 0 aromatic heterocycles. The van der Waals surface area contributed by atoms with E-state index in [0.717, 1.165) is 0 Å². The number of allylic oxidation sites excluding steroid dienone is 2. The molecule has 2 nitrogen and oxygen atoms in total. The Balaban J connectivity index is 1.75. The minimum atomic E-state index is -0.0296. The summed E-state index contributed by atoms with van der Waals surface area (Å²) in [5, 5.41) is 3.44. The monoisotopic (exact) mass is 326 g/mol. The zero-order valence-corrected chi connectivity index (χ0v) is 13.3. The maximum absolute atomic E-state index is 11.8. The van der Waals surface area contributed by atoms with Crippen molar-refractivity contribution in [3.8, 4) is 0 Å². The standard InChI is InChI=1S/C18H14O2S2/c19-17(15-7-3-1-4-8-15)11-13-21-22-14-12-18(20)16-9-5-2-6-10-16/h1-14H. The molecule has 0 saturated heterocycles. The van der Waals surface area contributed by atoms with Gasteiger partial charge >= 0.3 is 0 Å². The first-order chi connectivity index (χ1) is 10.8. The van der Waals surface area contributed by atoms with Crippen molar-refractivity contribution in [2.24, 2.45) is 0 Å². The summed E-state index contributed by atoms with van der Waals surface area (Å²) < 4.78 is 0. The number of benzene rings is 2. The van der Waals surface area contributed by atoms with Gasteiger partial charge in [0.25, 0.3) is 0 Å². The summed E-state index contributed by atoms with van der Waals surface area (Å²) in [5.74, 6) is -0.0592. The Morgan fingerprint density at radius 2 is 1.00 bits per heavy atom. The van der Waals surface area contributed by atoms with Crippen LogP contribution in [0.2, 0.25) is 0 Å². The summed E-state index contributed by atoms with van der Waals surface area (Å²) in [6.07, 6.45) is 3.06. The van der Waals surface area contributed by atoms with Crippen molar-refractivity contribution >= 4 is 33.2 Å². The molecule has 0 N–H and O–H groups in total.